The van der Waals surface area contributed by atoms with Crippen molar-refractivity contribution in [3.8, 4) is 11.6 Å². The number of nitrogens with two attached hydrogens (primary N) is 1. The van der Waals surface area contributed by atoms with Crippen LogP contribution in [0.1, 0.15) is 16.8 Å². The van der Waals surface area contributed by atoms with Crippen molar-refractivity contribution < 1.29 is 9.47 Å². The fourth-order valence-electron chi connectivity index (χ4n) is 2.03. The zero-order chi connectivity index (χ0) is 14.7. The Morgan fingerprint density at radius 2 is 2.20 bits per heavy atom. The molecule has 2 aromatic rings. The maximum Gasteiger partial charge on any atom is 0.223 e. The van der Waals surface area contributed by atoms with Crippen LogP contribution in [0.25, 0.3) is 0 Å². The van der Waals surface area contributed by atoms with E-state index >= 15 is 0 Å². The van der Waals surface area contributed by atoms with Gasteiger partial charge in [-0.05, 0) is 24.6 Å². The number of nitrogens with one attached hydrogen (secondary N) is 1. The number of benzene rings is 1. The minimum Gasteiger partial charge on any atom is -0.497 e. The van der Waals surface area contributed by atoms with Crippen molar-refractivity contribution in [1.82, 2.24) is 9.78 Å². The molecule has 106 valence electrons. The van der Waals surface area contributed by atoms with Crippen LogP contribution in [-0.4, -0.2) is 22.7 Å². The van der Waals surface area contributed by atoms with Crippen LogP contribution in [0.3, 0.4) is 0 Å². The molecule has 0 atom stereocenters. The summed E-state index contributed by atoms with van der Waals surface area (Å²) in [5.74, 6) is 1.23. The van der Waals surface area contributed by atoms with E-state index < -0.39 is 0 Å². The molecule has 0 radical (unpaired) electrons. The lowest BCUT2D eigenvalue weighted by atomic mass is 10.2. The second kappa shape index (κ2) is 5.64. The molecule has 0 unspecified atom stereocenters. The van der Waals surface area contributed by atoms with Gasteiger partial charge in [-0.1, -0.05) is 12.1 Å². The summed E-state index contributed by atoms with van der Waals surface area (Å²) < 4.78 is 12.5. The Bertz CT molecular complexity index is 634. The van der Waals surface area contributed by atoms with E-state index in [1.54, 1.807) is 25.8 Å². The number of rotatable bonds is 5. The van der Waals surface area contributed by atoms with Gasteiger partial charge in [0.25, 0.3) is 0 Å². The molecule has 0 spiro atoms. The molecule has 2 rings (SSSR count). The van der Waals surface area contributed by atoms with Crippen LogP contribution in [0.2, 0.25) is 0 Å². The van der Waals surface area contributed by atoms with Crippen LogP contribution in [0.15, 0.2) is 24.3 Å². The molecular weight excluding hydrogens is 256 g/mol. The lowest BCUT2D eigenvalue weighted by Crippen LogP contribution is -2.14. The number of aryl methyl sites for hydroxylation is 2. The average Bonchev–Trinajstić information content (AvgIpc) is 2.71. The predicted molar refractivity (Wildman–Crippen MR) is 76.3 cm³/mol. The van der Waals surface area contributed by atoms with Gasteiger partial charge < -0.3 is 15.2 Å². The van der Waals surface area contributed by atoms with Crippen LogP contribution in [-0.2, 0) is 13.7 Å². The summed E-state index contributed by atoms with van der Waals surface area (Å²) in [6.07, 6.45) is 0. The van der Waals surface area contributed by atoms with E-state index in [2.05, 4.69) is 5.10 Å². The summed E-state index contributed by atoms with van der Waals surface area (Å²) in [7, 11) is 3.39. The third-order valence-corrected chi connectivity index (χ3v) is 2.95. The number of hydrogen-bond donors (Lipinski definition) is 2. The zero-order valence-corrected chi connectivity index (χ0v) is 11.8. The van der Waals surface area contributed by atoms with E-state index in [0.29, 0.717) is 23.7 Å². The van der Waals surface area contributed by atoms with Crippen LogP contribution < -0.4 is 15.2 Å². The van der Waals surface area contributed by atoms with Gasteiger partial charge in [0.15, 0.2) is 0 Å². The number of nitrogen functional groups attached to an aromatic ring is 1. The van der Waals surface area contributed by atoms with E-state index in [1.807, 2.05) is 24.3 Å². The zero-order valence-electron chi connectivity index (χ0n) is 11.8. The van der Waals surface area contributed by atoms with Crippen molar-refractivity contribution >= 4 is 5.84 Å². The highest BCUT2D eigenvalue weighted by molar-refractivity contribution is 5.98. The van der Waals surface area contributed by atoms with Gasteiger partial charge >= 0.3 is 0 Å². The smallest absolute Gasteiger partial charge is 0.223 e. The molecule has 0 bridgehead atoms. The van der Waals surface area contributed by atoms with Gasteiger partial charge in [0.1, 0.15) is 23.8 Å². The SMILES string of the molecule is COc1cccc(COc2c(C(=N)N)c(C)nn2C)c1. The first-order valence-corrected chi connectivity index (χ1v) is 6.16. The van der Waals surface area contributed by atoms with Gasteiger partial charge in [0.05, 0.1) is 12.8 Å². The molecule has 6 nitrogen and oxygen atoms in total. The van der Waals surface area contributed by atoms with E-state index in [9.17, 15) is 0 Å². The Hall–Kier alpha value is -2.50. The summed E-state index contributed by atoms with van der Waals surface area (Å²) in [5.41, 5.74) is 7.76. The molecule has 3 N–H and O–H groups in total. The third kappa shape index (κ3) is 2.74. The highest BCUT2D eigenvalue weighted by atomic mass is 16.5. The molecule has 0 aliphatic heterocycles. The van der Waals surface area contributed by atoms with Gasteiger partial charge in [-0.15, -0.1) is 0 Å². The largest absolute Gasteiger partial charge is 0.497 e. The molecule has 20 heavy (non-hydrogen) atoms. The molecule has 0 aliphatic carbocycles. The number of amidine groups is 1. The highest BCUT2D eigenvalue weighted by Crippen LogP contribution is 2.22. The fraction of sp³-hybridized carbons (Fsp3) is 0.286. The Kier molecular flexibility index (Phi) is 3.93. The molecule has 1 aromatic heterocycles. The van der Waals surface area contributed by atoms with Crippen molar-refractivity contribution in [1.29, 1.82) is 5.41 Å². The normalized spacial score (nSPS) is 10.3. The number of aromatic nitrogens is 2. The van der Waals surface area contributed by atoms with E-state index in [-0.39, 0.29) is 5.84 Å². The second-order valence-corrected chi connectivity index (χ2v) is 4.44. The highest BCUT2D eigenvalue weighted by Gasteiger charge is 2.17. The molecule has 0 aliphatic rings. The lowest BCUT2D eigenvalue weighted by molar-refractivity contribution is 0.277. The topological polar surface area (TPSA) is 86.2 Å². The standard InChI is InChI=1S/C14H18N4O2/c1-9-12(13(15)16)14(18(2)17-9)20-8-10-5-4-6-11(7-10)19-3/h4-7H,8H2,1-3H3,(H3,15,16). The van der Waals surface area contributed by atoms with Crippen LogP contribution in [0.5, 0.6) is 11.6 Å². The van der Waals surface area contributed by atoms with Gasteiger partial charge in [-0.3, -0.25) is 5.41 Å². The summed E-state index contributed by atoms with van der Waals surface area (Å²) in [4.78, 5) is 0. The first-order chi connectivity index (χ1) is 9.52. The van der Waals surface area contributed by atoms with E-state index in [1.165, 1.54) is 0 Å². The minimum atomic E-state index is -0.0451. The van der Waals surface area contributed by atoms with Crippen LogP contribution >= 0.6 is 0 Å². The van der Waals surface area contributed by atoms with Gasteiger partial charge in [-0.2, -0.15) is 5.10 Å². The first kappa shape index (κ1) is 13.9. The minimum absolute atomic E-state index is 0.0451. The molecular formula is C14H18N4O2. The van der Waals surface area contributed by atoms with Crippen molar-refractivity contribution in [2.75, 3.05) is 7.11 Å². The maximum absolute atomic E-state index is 7.60. The van der Waals surface area contributed by atoms with Crippen molar-refractivity contribution in [2.24, 2.45) is 12.8 Å². The predicted octanol–water partition coefficient (Wildman–Crippen LogP) is 1.60. The molecule has 0 saturated carbocycles. The quantitative estimate of drug-likeness (QED) is 0.640. The summed E-state index contributed by atoms with van der Waals surface area (Å²) in [5, 5.41) is 11.8. The van der Waals surface area contributed by atoms with Gasteiger partial charge in [0.2, 0.25) is 5.88 Å². The van der Waals surface area contributed by atoms with Gasteiger partial charge in [0, 0.05) is 7.05 Å². The Balaban J connectivity index is 2.20. The number of nitrogens with zero attached hydrogens (tertiary/aromatic N) is 2. The summed E-state index contributed by atoms with van der Waals surface area (Å²) in [6.45, 7) is 2.16. The van der Waals surface area contributed by atoms with E-state index in [0.717, 1.165) is 11.3 Å². The Morgan fingerprint density at radius 1 is 1.45 bits per heavy atom. The van der Waals surface area contributed by atoms with Crippen LogP contribution in [0, 0.1) is 12.3 Å². The average molecular weight is 274 g/mol. The number of ether oxygens (including phenoxy) is 2. The summed E-state index contributed by atoms with van der Waals surface area (Å²) >= 11 is 0. The lowest BCUT2D eigenvalue weighted by Gasteiger charge is -2.09. The number of methoxy groups -OCH3 is 1. The van der Waals surface area contributed by atoms with Crippen molar-refractivity contribution in [2.45, 2.75) is 13.5 Å². The molecule has 1 heterocycles. The first-order valence-electron chi connectivity index (χ1n) is 6.16. The van der Waals surface area contributed by atoms with Crippen molar-refractivity contribution in [3.63, 3.8) is 0 Å². The Morgan fingerprint density at radius 3 is 2.85 bits per heavy atom. The Labute approximate surface area is 117 Å². The van der Waals surface area contributed by atoms with Crippen molar-refractivity contribution in [3.05, 3.63) is 41.1 Å². The van der Waals surface area contributed by atoms with Crippen LogP contribution in [0.4, 0.5) is 0 Å². The molecule has 6 heteroatoms. The molecule has 1 aromatic carbocycles. The third-order valence-electron chi connectivity index (χ3n) is 2.95. The second-order valence-electron chi connectivity index (χ2n) is 4.44. The summed E-state index contributed by atoms with van der Waals surface area (Å²) in [6, 6.07) is 7.62. The van der Waals surface area contributed by atoms with E-state index in [4.69, 9.17) is 20.6 Å². The molecule has 0 fully saturated rings. The molecule has 0 saturated heterocycles. The van der Waals surface area contributed by atoms with Gasteiger partial charge in [-0.25, -0.2) is 4.68 Å². The maximum atomic E-state index is 7.60. The monoisotopic (exact) mass is 274 g/mol. The number of hydrogen-bond acceptors (Lipinski definition) is 4. The fourth-order valence-corrected chi connectivity index (χ4v) is 2.03. The molecule has 0 amide bonds.